The Bertz CT molecular complexity index is 849. The lowest BCUT2D eigenvalue weighted by molar-refractivity contribution is -0.157. The predicted molar refractivity (Wildman–Crippen MR) is 79.3 cm³/mol. The fourth-order valence-electron chi connectivity index (χ4n) is 3.96. The fraction of sp³-hybridized carbons (Fsp3) is 0.643. The number of nitrogens with zero attached hydrogens (tertiary/aromatic N) is 1. The second-order valence-corrected chi connectivity index (χ2v) is 9.09. The summed E-state index contributed by atoms with van der Waals surface area (Å²) in [5, 5.41) is 10.3. The minimum atomic E-state index is -4.87. The Hall–Kier alpha value is -2.11. The van der Waals surface area contributed by atoms with E-state index in [1.54, 1.807) is 0 Å². The Morgan fingerprint density at radius 1 is 1.38 bits per heavy atom. The molecule has 0 spiro atoms. The Kier molecular flexibility index (Phi) is 3.91. The highest BCUT2D eigenvalue weighted by atomic mass is 32.2. The highest BCUT2D eigenvalue weighted by Gasteiger charge is 2.72. The first-order valence-electron chi connectivity index (χ1n) is 7.67. The summed E-state index contributed by atoms with van der Waals surface area (Å²) in [6.07, 6.45) is -7.25. The van der Waals surface area contributed by atoms with Crippen molar-refractivity contribution >= 4 is 27.6 Å². The fourth-order valence-corrected chi connectivity index (χ4v) is 6.49. The van der Waals surface area contributed by atoms with Crippen LogP contribution in [0.25, 0.3) is 0 Å². The minimum Gasteiger partial charge on any atom is -0.480 e. The van der Waals surface area contributed by atoms with Crippen LogP contribution >= 0.6 is 0 Å². The van der Waals surface area contributed by atoms with Crippen LogP contribution in [0.15, 0.2) is 11.1 Å². The summed E-state index contributed by atoms with van der Waals surface area (Å²) in [5.74, 6) is -3.35. The van der Waals surface area contributed by atoms with Crippen LogP contribution in [-0.2, 0) is 24.2 Å². The normalized spacial score (nSPS) is 35.0. The van der Waals surface area contributed by atoms with Crippen molar-refractivity contribution in [3.05, 3.63) is 11.1 Å². The average molecular weight is 396 g/mol. The number of rotatable bonds is 3. The molecule has 0 unspecified atom stereocenters. The monoisotopic (exact) mass is 396 g/mol. The molecule has 3 saturated heterocycles. The lowest BCUT2D eigenvalue weighted by atomic mass is 9.84. The van der Waals surface area contributed by atoms with Gasteiger partial charge in [-0.25, -0.2) is 13.2 Å². The number of sulfone groups is 1. The van der Waals surface area contributed by atoms with Crippen LogP contribution in [0.5, 0.6) is 0 Å². The number of halogens is 3. The van der Waals surface area contributed by atoms with E-state index in [1.807, 2.05) is 0 Å². The van der Waals surface area contributed by atoms with E-state index < -0.39 is 68.4 Å². The van der Waals surface area contributed by atoms with Gasteiger partial charge in [-0.3, -0.25) is 9.59 Å². The molecule has 12 heteroatoms. The van der Waals surface area contributed by atoms with Gasteiger partial charge in [-0.1, -0.05) is 0 Å². The SMILES string of the molecule is C[C@]1(C(CC(F)(F)F)=C2CCNC2=O)[C@H](C(=O)O)N2C(=O)C[C@H]2S1(=O)=O. The molecular weight excluding hydrogens is 381 g/mol. The summed E-state index contributed by atoms with van der Waals surface area (Å²) in [7, 11) is -4.50. The van der Waals surface area contributed by atoms with Gasteiger partial charge in [-0.05, 0) is 18.9 Å². The highest BCUT2D eigenvalue weighted by Crippen LogP contribution is 2.52. The van der Waals surface area contributed by atoms with Crippen molar-refractivity contribution in [2.75, 3.05) is 6.54 Å². The Labute approximate surface area is 145 Å². The molecule has 3 aliphatic heterocycles. The predicted octanol–water partition coefficient (Wildman–Crippen LogP) is -0.0460. The maximum absolute atomic E-state index is 13.2. The maximum atomic E-state index is 13.2. The molecule has 0 aromatic carbocycles. The van der Waals surface area contributed by atoms with Gasteiger partial charge in [-0.15, -0.1) is 0 Å². The minimum absolute atomic E-state index is 0.0233. The van der Waals surface area contributed by atoms with Crippen molar-refractivity contribution in [3.8, 4) is 0 Å². The van der Waals surface area contributed by atoms with Gasteiger partial charge in [0.1, 0.15) is 10.1 Å². The summed E-state index contributed by atoms with van der Waals surface area (Å²) in [4.78, 5) is 36.1. The van der Waals surface area contributed by atoms with Gasteiger partial charge >= 0.3 is 12.1 Å². The zero-order chi connectivity index (χ0) is 19.7. The molecule has 144 valence electrons. The second-order valence-electron chi connectivity index (χ2n) is 6.61. The Morgan fingerprint density at radius 2 is 2.00 bits per heavy atom. The van der Waals surface area contributed by atoms with E-state index in [0.29, 0.717) is 4.90 Å². The molecule has 0 aliphatic carbocycles. The molecule has 3 rings (SSSR count). The van der Waals surface area contributed by atoms with E-state index in [0.717, 1.165) is 6.92 Å². The van der Waals surface area contributed by atoms with E-state index in [1.165, 1.54) is 0 Å². The number of amides is 2. The van der Waals surface area contributed by atoms with Crippen molar-refractivity contribution in [2.45, 2.75) is 48.5 Å². The third-order valence-electron chi connectivity index (χ3n) is 5.21. The third-order valence-corrected chi connectivity index (χ3v) is 7.97. The molecule has 26 heavy (non-hydrogen) atoms. The van der Waals surface area contributed by atoms with Crippen LogP contribution < -0.4 is 5.32 Å². The number of hydrogen-bond acceptors (Lipinski definition) is 5. The lowest BCUT2D eigenvalue weighted by Gasteiger charge is -2.36. The molecule has 0 radical (unpaired) electrons. The molecule has 0 bridgehead atoms. The van der Waals surface area contributed by atoms with Crippen LogP contribution in [0, 0.1) is 0 Å². The smallest absolute Gasteiger partial charge is 0.392 e. The maximum Gasteiger partial charge on any atom is 0.392 e. The molecule has 0 saturated carbocycles. The Morgan fingerprint density at radius 3 is 2.42 bits per heavy atom. The molecule has 2 N–H and O–H groups in total. The van der Waals surface area contributed by atoms with Gasteiger partial charge in [0.25, 0.3) is 0 Å². The number of nitrogens with one attached hydrogen (secondary N) is 1. The molecule has 3 fully saturated rings. The van der Waals surface area contributed by atoms with Crippen LogP contribution in [0.4, 0.5) is 13.2 Å². The highest BCUT2D eigenvalue weighted by molar-refractivity contribution is 7.94. The average Bonchev–Trinajstić information content (AvgIpc) is 2.95. The molecule has 0 aromatic rings. The van der Waals surface area contributed by atoms with Crippen LogP contribution in [0.1, 0.15) is 26.2 Å². The molecular formula is C14H15F3N2O6S. The number of aliphatic carboxylic acids is 1. The summed E-state index contributed by atoms with van der Waals surface area (Å²) in [5.41, 5.74) is -1.18. The van der Waals surface area contributed by atoms with Gasteiger partial charge in [0.2, 0.25) is 11.8 Å². The Balaban J connectivity index is 2.28. The van der Waals surface area contributed by atoms with Gasteiger partial charge in [0, 0.05) is 12.1 Å². The van der Waals surface area contributed by atoms with E-state index in [4.69, 9.17) is 0 Å². The number of hydrogen-bond donors (Lipinski definition) is 2. The number of carboxylic acid groups (broad SMARTS) is 1. The van der Waals surface area contributed by atoms with Gasteiger partial charge in [0.05, 0.1) is 12.8 Å². The third kappa shape index (κ3) is 2.34. The van der Waals surface area contributed by atoms with Crippen molar-refractivity contribution in [1.29, 1.82) is 0 Å². The summed E-state index contributed by atoms with van der Waals surface area (Å²) in [6, 6.07) is -2.02. The van der Waals surface area contributed by atoms with E-state index in [2.05, 4.69) is 5.32 Å². The quantitative estimate of drug-likeness (QED) is 0.510. The first-order chi connectivity index (χ1) is 11.8. The zero-order valence-electron chi connectivity index (χ0n) is 13.5. The van der Waals surface area contributed by atoms with Crippen LogP contribution in [-0.4, -0.2) is 65.1 Å². The number of alkyl halides is 3. The van der Waals surface area contributed by atoms with Crippen molar-refractivity contribution in [3.63, 3.8) is 0 Å². The van der Waals surface area contributed by atoms with Gasteiger partial charge in [-0.2, -0.15) is 13.2 Å². The number of fused-ring (bicyclic) bond motifs is 1. The summed E-state index contributed by atoms with van der Waals surface area (Å²) in [6.45, 7) is 0.891. The topological polar surface area (TPSA) is 121 Å². The molecule has 3 heterocycles. The number of carbonyl (C=O) groups is 3. The van der Waals surface area contributed by atoms with Crippen molar-refractivity contribution in [2.24, 2.45) is 0 Å². The number of carbonyl (C=O) groups excluding carboxylic acids is 2. The first-order valence-corrected chi connectivity index (χ1v) is 9.22. The van der Waals surface area contributed by atoms with E-state index in [9.17, 15) is 41.1 Å². The molecule has 8 nitrogen and oxygen atoms in total. The molecule has 0 aromatic heterocycles. The first kappa shape index (κ1) is 18.7. The number of β-lactam (4-membered cyclic amide) rings is 1. The van der Waals surface area contributed by atoms with Gasteiger partial charge in [0.15, 0.2) is 15.9 Å². The van der Waals surface area contributed by atoms with Crippen molar-refractivity contribution < 1.29 is 41.1 Å². The molecule has 3 aliphatic rings. The van der Waals surface area contributed by atoms with Crippen molar-refractivity contribution in [1.82, 2.24) is 10.2 Å². The standard InChI is InChI=1S/C14H15F3N2O6S/c1-13(7(5-14(15,16)17)6-2-3-18-11(6)21)10(12(22)23)19-8(20)4-9(19)26(13,24)25/h9-10H,2-5H2,1H3,(H,18,21)(H,22,23)/t9-,10+,13+/m1/s1. The van der Waals surface area contributed by atoms with Crippen LogP contribution in [0.2, 0.25) is 0 Å². The lowest BCUT2D eigenvalue weighted by Crippen LogP contribution is -2.58. The van der Waals surface area contributed by atoms with E-state index in [-0.39, 0.29) is 18.5 Å². The number of carboxylic acids is 1. The summed E-state index contributed by atoms with van der Waals surface area (Å²) >= 11 is 0. The van der Waals surface area contributed by atoms with Gasteiger partial charge < -0.3 is 15.3 Å². The molecule has 2 amide bonds. The summed E-state index contributed by atoms with van der Waals surface area (Å²) < 4.78 is 62.9. The zero-order valence-corrected chi connectivity index (χ0v) is 14.3. The van der Waals surface area contributed by atoms with Crippen LogP contribution in [0.3, 0.4) is 0 Å². The second kappa shape index (κ2) is 5.44. The largest absolute Gasteiger partial charge is 0.480 e. The molecule has 3 atom stereocenters. The van der Waals surface area contributed by atoms with E-state index >= 15 is 0 Å².